The fourth-order valence-electron chi connectivity index (χ4n) is 7.29. The molecule has 4 atom stereocenters. The number of nitrogens with zero attached hydrogens (tertiary/aromatic N) is 3. The number of fused-ring (bicyclic) bond motifs is 1. The van der Waals surface area contributed by atoms with Crippen LogP contribution in [0.1, 0.15) is 66.7 Å². The number of nitriles is 1. The minimum atomic E-state index is -0.0746. The Labute approximate surface area is 234 Å². The summed E-state index contributed by atoms with van der Waals surface area (Å²) in [5, 5.41) is 12.7. The zero-order chi connectivity index (χ0) is 28.4. The maximum Gasteiger partial charge on any atom is 0.322 e. The molecule has 7 nitrogen and oxygen atoms in total. The minimum absolute atomic E-state index is 0.0127. The molecule has 39 heavy (non-hydrogen) atoms. The second kappa shape index (κ2) is 11.6. The summed E-state index contributed by atoms with van der Waals surface area (Å²) in [5.74, 6) is 1.85. The summed E-state index contributed by atoms with van der Waals surface area (Å²) in [6, 6.07) is 8.73. The maximum absolute atomic E-state index is 13.9. The highest BCUT2D eigenvalue weighted by Gasteiger charge is 2.65. The van der Waals surface area contributed by atoms with Gasteiger partial charge in [0.1, 0.15) is 11.5 Å². The van der Waals surface area contributed by atoms with Crippen molar-refractivity contribution in [3.05, 3.63) is 42.0 Å². The average Bonchev–Trinajstić information content (AvgIpc) is 3.66. The molecule has 3 aliphatic rings. The first kappa shape index (κ1) is 29.0. The van der Waals surface area contributed by atoms with E-state index in [1.54, 1.807) is 20.3 Å². The lowest BCUT2D eigenvalue weighted by molar-refractivity contribution is 0.0911. The predicted molar refractivity (Wildman–Crippen MR) is 156 cm³/mol. The Morgan fingerprint density at radius 2 is 1.79 bits per heavy atom. The Balaban J connectivity index is 1.53. The molecule has 2 amide bonds. The van der Waals surface area contributed by atoms with Gasteiger partial charge in [-0.2, -0.15) is 5.26 Å². The zero-order valence-corrected chi connectivity index (χ0v) is 24.8. The Bertz CT molecular complexity index is 1120. The molecule has 1 N–H and O–H groups in total. The fraction of sp³-hybridized carbons (Fsp3) is 0.625. The molecule has 2 unspecified atom stereocenters. The molecule has 0 radical (unpaired) electrons. The molecule has 0 saturated heterocycles. The lowest BCUT2D eigenvalue weighted by Crippen LogP contribution is -2.50. The summed E-state index contributed by atoms with van der Waals surface area (Å²) in [6.45, 7) is 12.7. The number of hydrogen-bond acceptors (Lipinski definition) is 5. The van der Waals surface area contributed by atoms with Crippen LogP contribution in [0.4, 0.5) is 10.5 Å². The van der Waals surface area contributed by atoms with Gasteiger partial charge in [-0.05, 0) is 82.6 Å². The van der Waals surface area contributed by atoms with Gasteiger partial charge in [0, 0.05) is 60.7 Å². The second-order valence-corrected chi connectivity index (χ2v) is 12.4. The van der Waals surface area contributed by atoms with E-state index in [0.29, 0.717) is 41.7 Å². The monoisotopic (exact) mass is 534 g/mol. The van der Waals surface area contributed by atoms with Crippen molar-refractivity contribution in [2.45, 2.75) is 84.8 Å². The van der Waals surface area contributed by atoms with Crippen LogP contribution in [0.25, 0.3) is 0 Å². The molecule has 7 heteroatoms. The van der Waals surface area contributed by atoms with Gasteiger partial charge in [0.25, 0.3) is 0 Å². The first-order valence-electron chi connectivity index (χ1n) is 14.4. The van der Waals surface area contributed by atoms with E-state index in [9.17, 15) is 10.1 Å². The summed E-state index contributed by atoms with van der Waals surface area (Å²) in [7, 11) is 3.22. The Morgan fingerprint density at radius 1 is 1.13 bits per heavy atom. The number of methoxy groups -OCH3 is 2. The van der Waals surface area contributed by atoms with E-state index in [2.05, 4.69) is 68.0 Å². The van der Waals surface area contributed by atoms with E-state index in [-0.39, 0.29) is 22.9 Å². The fourth-order valence-corrected chi connectivity index (χ4v) is 7.29. The van der Waals surface area contributed by atoms with Crippen molar-refractivity contribution in [2.75, 3.05) is 32.6 Å². The number of rotatable bonds is 10. The quantitative estimate of drug-likeness (QED) is 0.364. The molecule has 1 aromatic carbocycles. The predicted octanol–water partition coefficient (Wildman–Crippen LogP) is 6.63. The molecule has 2 saturated carbocycles. The van der Waals surface area contributed by atoms with Gasteiger partial charge in [0.05, 0.1) is 20.3 Å². The van der Waals surface area contributed by atoms with E-state index in [1.807, 2.05) is 18.2 Å². The number of ether oxygens (including phenoxy) is 2. The van der Waals surface area contributed by atoms with Crippen LogP contribution in [0.15, 0.2) is 42.0 Å². The van der Waals surface area contributed by atoms with Gasteiger partial charge in [0.2, 0.25) is 0 Å². The smallest absolute Gasteiger partial charge is 0.322 e. The van der Waals surface area contributed by atoms with Gasteiger partial charge in [-0.1, -0.05) is 19.1 Å². The van der Waals surface area contributed by atoms with Crippen LogP contribution in [0, 0.1) is 28.1 Å². The molecule has 0 aromatic heterocycles. The number of nitrogens with one attached hydrogen (secondary N) is 1. The van der Waals surface area contributed by atoms with Crippen molar-refractivity contribution in [1.82, 2.24) is 9.80 Å². The average molecular weight is 535 g/mol. The van der Waals surface area contributed by atoms with Crippen molar-refractivity contribution in [3.63, 3.8) is 0 Å². The van der Waals surface area contributed by atoms with E-state index in [0.717, 1.165) is 37.8 Å². The van der Waals surface area contributed by atoms with Crippen molar-refractivity contribution >= 4 is 11.7 Å². The number of anilines is 1. The minimum Gasteiger partial charge on any atom is -0.497 e. The highest BCUT2D eigenvalue weighted by Crippen LogP contribution is 2.72. The largest absolute Gasteiger partial charge is 0.497 e. The summed E-state index contributed by atoms with van der Waals surface area (Å²) in [5.41, 5.74) is 1.69. The number of allylic oxidation sites excluding steroid dienone is 4. The van der Waals surface area contributed by atoms with Crippen LogP contribution >= 0.6 is 0 Å². The third kappa shape index (κ3) is 5.96. The SMILES string of the molecule is COc1cc(NC(=O)N(CCN(C(C)C)C(C)C)[C@H]2CC[C@]3(C4(C)C=C(C#N)C=CC4)CC3C2)cc(OC)c1. The molecule has 212 valence electrons. The van der Waals surface area contributed by atoms with Gasteiger partial charge in [-0.25, -0.2) is 4.79 Å². The Morgan fingerprint density at radius 3 is 2.36 bits per heavy atom. The molecule has 3 aliphatic carbocycles. The van der Waals surface area contributed by atoms with Gasteiger partial charge in [0.15, 0.2) is 0 Å². The number of amides is 2. The van der Waals surface area contributed by atoms with Gasteiger partial charge in [-0.3, -0.25) is 4.90 Å². The van der Waals surface area contributed by atoms with Crippen molar-refractivity contribution in [3.8, 4) is 17.6 Å². The van der Waals surface area contributed by atoms with Crippen LogP contribution in [0.5, 0.6) is 11.5 Å². The molecule has 0 bridgehead atoms. The highest BCUT2D eigenvalue weighted by molar-refractivity contribution is 5.90. The van der Waals surface area contributed by atoms with Crippen molar-refractivity contribution in [2.24, 2.45) is 16.7 Å². The molecule has 0 aliphatic heterocycles. The highest BCUT2D eigenvalue weighted by atomic mass is 16.5. The molecular formula is C32H46N4O3. The normalized spacial score (nSPS) is 27.6. The van der Waals surface area contributed by atoms with Gasteiger partial charge in [-0.15, -0.1) is 0 Å². The maximum atomic E-state index is 13.9. The molecular weight excluding hydrogens is 488 g/mol. The third-order valence-electron chi connectivity index (χ3n) is 9.52. The summed E-state index contributed by atoms with van der Waals surface area (Å²) < 4.78 is 10.8. The molecule has 0 spiro atoms. The van der Waals surface area contributed by atoms with Crippen molar-refractivity contribution < 1.29 is 14.3 Å². The van der Waals surface area contributed by atoms with Crippen LogP contribution in [-0.4, -0.2) is 61.3 Å². The topological polar surface area (TPSA) is 77.8 Å². The van der Waals surface area contributed by atoms with Crippen LogP contribution in [0.3, 0.4) is 0 Å². The number of carbonyl (C=O) groups is 1. The number of urea groups is 1. The van der Waals surface area contributed by atoms with Crippen molar-refractivity contribution in [1.29, 1.82) is 5.26 Å². The third-order valence-corrected chi connectivity index (χ3v) is 9.52. The zero-order valence-electron chi connectivity index (χ0n) is 24.8. The first-order chi connectivity index (χ1) is 18.6. The summed E-state index contributed by atoms with van der Waals surface area (Å²) in [4.78, 5) is 18.4. The number of carbonyl (C=O) groups excluding carboxylic acids is 1. The number of hydrogen-bond donors (Lipinski definition) is 1. The molecule has 4 rings (SSSR count). The van der Waals surface area contributed by atoms with Gasteiger partial charge >= 0.3 is 6.03 Å². The lowest BCUT2D eigenvalue weighted by Gasteiger charge is -2.44. The first-order valence-corrected chi connectivity index (χ1v) is 14.4. The second-order valence-electron chi connectivity index (χ2n) is 12.4. The summed E-state index contributed by atoms with van der Waals surface area (Å²) in [6.07, 6.45) is 11.6. The van der Waals surface area contributed by atoms with E-state index >= 15 is 0 Å². The lowest BCUT2D eigenvalue weighted by atomic mass is 9.63. The van der Waals surface area contributed by atoms with Gasteiger partial charge < -0.3 is 19.7 Å². The van der Waals surface area contributed by atoms with Crippen LogP contribution in [0.2, 0.25) is 0 Å². The molecule has 2 fully saturated rings. The summed E-state index contributed by atoms with van der Waals surface area (Å²) >= 11 is 0. The van der Waals surface area contributed by atoms with E-state index < -0.39 is 0 Å². The standard InChI is InChI=1S/C32H46N4O3/c1-22(2)35(23(3)4)13-14-36(30(37)34-26-16-28(38-6)18-29(17-26)39-7)27-10-12-32(20-25(32)15-27)31(5)11-8-9-24(19-31)21-33/h8-9,16-19,22-23,25,27H,10-15,20H2,1-7H3,(H,34,37)/t25?,27-,31?,32-/m0/s1. The van der Waals surface area contributed by atoms with Crippen LogP contribution in [-0.2, 0) is 0 Å². The number of benzene rings is 1. The van der Waals surface area contributed by atoms with Crippen LogP contribution < -0.4 is 14.8 Å². The van der Waals surface area contributed by atoms with E-state index in [1.165, 1.54) is 6.42 Å². The Hall–Kier alpha value is -2.98. The molecule has 0 heterocycles. The van der Waals surface area contributed by atoms with E-state index in [4.69, 9.17) is 9.47 Å². The Kier molecular flexibility index (Phi) is 8.66. The molecule has 1 aromatic rings.